The van der Waals surface area contributed by atoms with Crippen LogP contribution in [0.1, 0.15) is 6.92 Å². The molecule has 0 spiro atoms. The fourth-order valence-corrected chi connectivity index (χ4v) is 0.692. The minimum Gasteiger partial charge on any atom is -0.461 e. The summed E-state index contributed by atoms with van der Waals surface area (Å²) in [4.78, 5) is 7.73. The van der Waals surface area contributed by atoms with Crippen LogP contribution < -0.4 is 16.0 Å². The predicted molar refractivity (Wildman–Crippen MR) is 48.8 cm³/mol. The molecule has 0 aliphatic heterocycles. The Labute approximate surface area is 76.3 Å². The molecule has 0 radical (unpaired) electrons. The zero-order valence-electron chi connectivity index (χ0n) is 7.19. The van der Waals surface area contributed by atoms with Gasteiger partial charge in [-0.15, -0.1) is 6.42 Å². The number of ether oxygens (including phenoxy) is 1. The fourth-order valence-electron chi connectivity index (χ4n) is 0.692. The second kappa shape index (κ2) is 4.28. The summed E-state index contributed by atoms with van der Waals surface area (Å²) >= 11 is 0. The summed E-state index contributed by atoms with van der Waals surface area (Å²) in [7, 11) is 0. The Balaban J connectivity index is 2.73. The minimum atomic E-state index is -0.319. The second-order valence-corrected chi connectivity index (χ2v) is 2.29. The highest BCUT2D eigenvalue weighted by Crippen LogP contribution is 2.08. The molecule has 1 aromatic heterocycles. The lowest BCUT2D eigenvalue weighted by atomic mass is 10.4. The van der Waals surface area contributed by atoms with Crippen LogP contribution in [-0.2, 0) is 0 Å². The summed E-state index contributed by atoms with van der Waals surface area (Å²) in [5.74, 6) is 8.22. The minimum absolute atomic E-state index is 0.293. The second-order valence-electron chi connectivity index (χ2n) is 2.29. The quantitative estimate of drug-likeness (QED) is 0.392. The predicted octanol–water partition coefficient (Wildman–Crippen LogP) is 0.163. The van der Waals surface area contributed by atoms with E-state index in [0.717, 1.165) is 0 Å². The van der Waals surface area contributed by atoms with Crippen LogP contribution in [0.4, 0.5) is 5.95 Å². The van der Waals surface area contributed by atoms with Gasteiger partial charge in [0.1, 0.15) is 0 Å². The molecule has 13 heavy (non-hydrogen) atoms. The Kier molecular flexibility index (Phi) is 3.06. The molecule has 1 rings (SSSR count). The molecular formula is C8H10N4O. The number of hydrogen-bond acceptors (Lipinski definition) is 5. The van der Waals surface area contributed by atoms with Crippen molar-refractivity contribution in [2.24, 2.45) is 5.84 Å². The summed E-state index contributed by atoms with van der Waals surface area (Å²) in [6, 6.07) is 1.61. The smallest absolute Gasteiger partial charge is 0.240 e. The summed E-state index contributed by atoms with van der Waals surface area (Å²) < 4.78 is 5.22. The molecule has 0 saturated heterocycles. The molecule has 1 atom stereocenters. The number of rotatable bonds is 3. The average Bonchev–Trinajstić information content (AvgIpc) is 2.18. The zero-order chi connectivity index (χ0) is 9.68. The molecule has 3 N–H and O–H groups in total. The molecule has 0 aromatic carbocycles. The van der Waals surface area contributed by atoms with Crippen LogP contribution in [0.25, 0.3) is 0 Å². The fraction of sp³-hybridized carbons (Fsp3) is 0.250. The first kappa shape index (κ1) is 9.29. The van der Waals surface area contributed by atoms with Gasteiger partial charge in [-0.05, 0) is 6.92 Å². The summed E-state index contributed by atoms with van der Waals surface area (Å²) in [5, 5.41) is 0. The maximum atomic E-state index is 5.22. The Morgan fingerprint density at radius 3 is 3.15 bits per heavy atom. The summed E-state index contributed by atoms with van der Waals surface area (Å²) in [5.41, 5.74) is 2.30. The largest absolute Gasteiger partial charge is 0.461 e. The molecule has 5 nitrogen and oxygen atoms in total. The van der Waals surface area contributed by atoms with Gasteiger partial charge in [0.15, 0.2) is 6.10 Å². The summed E-state index contributed by atoms with van der Waals surface area (Å²) in [6.45, 7) is 1.75. The Hall–Kier alpha value is -1.80. The van der Waals surface area contributed by atoms with E-state index in [0.29, 0.717) is 11.8 Å². The van der Waals surface area contributed by atoms with Gasteiger partial charge in [-0.2, -0.15) is 4.98 Å². The van der Waals surface area contributed by atoms with Crippen molar-refractivity contribution in [3.63, 3.8) is 0 Å². The Morgan fingerprint density at radius 2 is 2.54 bits per heavy atom. The van der Waals surface area contributed by atoms with Crippen LogP contribution in [0.5, 0.6) is 5.88 Å². The van der Waals surface area contributed by atoms with E-state index in [-0.39, 0.29) is 6.10 Å². The van der Waals surface area contributed by atoms with Crippen molar-refractivity contribution in [1.29, 1.82) is 0 Å². The molecule has 5 heteroatoms. The molecule has 0 saturated carbocycles. The first-order valence-electron chi connectivity index (χ1n) is 3.68. The van der Waals surface area contributed by atoms with E-state index in [2.05, 4.69) is 21.3 Å². The van der Waals surface area contributed by atoms with Crippen LogP contribution in [0.15, 0.2) is 12.3 Å². The number of nitrogens with two attached hydrogens (primary N) is 1. The number of anilines is 1. The normalized spacial score (nSPS) is 11.5. The number of nitrogens with zero attached hydrogens (tertiary/aromatic N) is 2. The molecule has 1 heterocycles. The van der Waals surface area contributed by atoms with E-state index >= 15 is 0 Å². The van der Waals surface area contributed by atoms with Gasteiger partial charge >= 0.3 is 0 Å². The van der Waals surface area contributed by atoms with Crippen LogP contribution in [0.3, 0.4) is 0 Å². The highest BCUT2D eigenvalue weighted by atomic mass is 16.5. The van der Waals surface area contributed by atoms with Gasteiger partial charge in [0.05, 0.1) is 0 Å². The number of hydrogen-bond donors (Lipinski definition) is 2. The SMILES string of the molecule is C#CC(C)Oc1ccnc(NN)n1. The van der Waals surface area contributed by atoms with E-state index in [1.54, 1.807) is 13.0 Å². The maximum absolute atomic E-state index is 5.22. The summed E-state index contributed by atoms with van der Waals surface area (Å²) in [6.07, 6.45) is 6.34. The third-order valence-corrected chi connectivity index (χ3v) is 1.29. The van der Waals surface area contributed by atoms with E-state index in [1.165, 1.54) is 6.20 Å². The molecule has 1 aromatic rings. The van der Waals surface area contributed by atoms with Gasteiger partial charge in [-0.25, -0.2) is 10.8 Å². The van der Waals surface area contributed by atoms with Crippen LogP contribution >= 0.6 is 0 Å². The third-order valence-electron chi connectivity index (χ3n) is 1.29. The van der Waals surface area contributed by atoms with Crippen molar-refractivity contribution in [2.45, 2.75) is 13.0 Å². The lowest BCUT2D eigenvalue weighted by molar-refractivity contribution is 0.268. The van der Waals surface area contributed by atoms with Gasteiger partial charge in [0, 0.05) is 12.3 Å². The average molecular weight is 178 g/mol. The van der Waals surface area contributed by atoms with Crippen molar-refractivity contribution in [2.75, 3.05) is 5.43 Å². The van der Waals surface area contributed by atoms with Crippen LogP contribution in [0.2, 0.25) is 0 Å². The van der Waals surface area contributed by atoms with Crippen molar-refractivity contribution in [3.05, 3.63) is 12.3 Å². The monoisotopic (exact) mass is 178 g/mol. The van der Waals surface area contributed by atoms with Crippen molar-refractivity contribution in [1.82, 2.24) is 9.97 Å². The molecule has 0 bridgehead atoms. The Morgan fingerprint density at radius 1 is 1.77 bits per heavy atom. The van der Waals surface area contributed by atoms with Gasteiger partial charge < -0.3 is 4.74 Å². The number of terminal acetylenes is 1. The molecule has 0 aliphatic carbocycles. The first-order valence-corrected chi connectivity index (χ1v) is 3.68. The highest BCUT2D eigenvalue weighted by Gasteiger charge is 2.01. The van der Waals surface area contributed by atoms with Crippen molar-refractivity contribution in [3.8, 4) is 18.2 Å². The number of nitrogens with one attached hydrogen (secondary N) is 1. The van der Waals surface area contributed by atoms with Gasteiger partial charge in [0.25, 0.3) is 0 Å². The molecule has 0 fully saturated rings. The van der Waals surface area contributed by atoms with E-state index in [9.17, 15) is 0 Å². The van der Waals surface area contributed by atoms with E-state index in [1.807, 2.05) is 0 Å². The number of aromatic nitrogens is 2. The van der Waals surface area contributed by atoms with Crippen LogP contribution in [0, 0.1) is 12.3 Å². The molecule has 0 amide bonds. The highest BCUT2D eigenvalue weighted by molar-refractivity contribution is 5.25. The lowest BCUT2D eigenvalue weighted by Crippen LogP contribution is -2.13. The first-order chi connectivity index (χ1) is 6.26. The molecule has 68 valence electrons. The third kappa shape index (κ3) is 2.61. The molecule has 1 unspecified atom stereocenters. The van der Waals surface area contributed by atoms with E-state index in [4.69, 9.17) is 17.0 Å². The zero-order valence-corrected chi connectivity index (χ0v) is 7.19. The van der Waals surface area contributed by atoms with Crippen molar-refractivity contribution >= 4 is 5.95 Å². The number of nitrogen functional groups attached to an aromatic ring is 1. The molecule has 0 aliphatic rings. The Bertz CT molecular complexity index is 320. The van der Waals surface area contributed by atoms with Crippen LogP contribution in [-0.4, -0.2) is 16.1 Å². The van der Waals surface area contributed by atoms with E-state index < -0.39 is 0 Å². The molecular weight excluding hydrogens is 168 g/mol. The van der Waals surface area contributed by atoms with Gasteiger partial charge in [-0.1, -0.05) is 5.92 Å². The standard InChI is InChI=1S/C8H10N4O/c1-3-6(2)13-7-4-5-10-8(11-7)12-9/h1,4-6H,9H2,2H3,(H,10,11,12). The maximum Gasteiger partial charge on any atom is 0.240 e. The topological polar surface area (TPSA) is 73.1 Å². The van der Waals surface area contributed by atoms with Gasteiger partial charge in [-0.3, -0.25) is 5.43 Å². The van der Waals surface area contributed by atoms with Crippen molar-refractivity contribution < 1.29 is 4.74 Å². The lowest BCUT2D eigenvalue weighted by Gasteiger charge is -2.07. The number of hydrazine groups is 1. The van der Waals surface area contributed by atoms with Gasteiger partial charge in [0.2, 0.25) is 11.8 Å².